The first-order valence-corrected chi connectivity index (χ1v) is 10.1. The van der Waals surface area contributed by atoms with Gasteiger partial charge in [-0.1, -0.05) is 30.3 Å². The average molecular weight is 428 g/mol. The maximum Gasteiger partial charge on any atom is 0.311 e. The first-order chi connectivity index (χ1) is 14.9. The summed E-state index contributed by atoms with van der Waals surface area (Å²) >= 11 is 0. The molecule has 2 saturated heterocycles. The van der Waals surface area contributed by atoms with Crippen LogP contribution in [0.3, 0.4) is 0 Å². The molecule has 0 unspecified atom stereocenters. The van der Waals surface area contributed by atoms with E-state index in [1.54, 1.807) is 0 Å². The van der Waals surface area contributed by atoms with E-state index in [9.17, 15) is 9.59 Å². The molecule has 4 rings (SSSR count). The molecule has 2 aromatic rings. The van der Waals surface area contributed by atoms with Gasteiger partial charge in [0.1, 0.15) is 5.82 Å². The number of ether oxygens (including phenoxy) is 1. The first kappa shape index (κ1) is 22.5. The molecule has 1 aromatic carbocycles. The van der Waals surface area contributed by atoms with Crippen molar-refractivity contribution < 1.29 is 24.2 Å². The van der Waals surface area contributed by atoms with E-state index in [1.807, 2.05) is 60.0 Å². The van der Waals surface area contributed by atoms with Gasteiger partial charge < -0.3 is 19.3 Å². The van der Waals surface area contributed by atoms with Crippen LogP contribution in [0.1, 0.15) is 29.5 Å². The minimum atomic E-state index is -0.335. The lowest BCUT2D eigenvalue weighted by atomic mass is 9.93. The normalized spacial score (nSPS) is 23.0. The van der Waals surface area contributed by atoms with Crippen molar-refractivity contribution >= 4 is 18.3 Å². The lowest BCUT2D eigenvalue weighted by Gasteiger charge is -2.39. The summed E-state index contributed by atoms with van der Waals surface area (Å²) in [5.41, 5.74) is 1.95. The van der Waals surface area contributed by atoms with Gasteiger partial charge in [0.15, 0.2) is 0 Å². The minimum absolute atomic E-state index is 0.000338. The maximum absolute atomic E-state index is 13.1. The summed E-state index contributed by atoms with van der Waals surface area (Å²) in [6.45, 7) is 3.42. The number of aryl methyl sites for hydroxylation is 2. The number of carbonyl (C=O) groups excluding carboxylic acids is 2. The molecular weight excluding hydrogens is 400 g/mol. The van der Waals surface area contributed by atoms with Crippen molar-refractivity contribution in [2.75, 3.05) is 20.2 Å². The predicted octanol–water partition coefficient (Wildman–Crippen LogP) is 1.38. The van der Waals surface area contributed by atoms with Crippen LogP contribution in [-0.2, 0) is 32.7 Å². The van der Waals surface area contributed by atoms with Crippen molar-refractivity contribution in [2.45, 2.75) is 32.0 Å². The Hall–Kier alpha value is -3.20. The molecule has 1 amide bonds. The molecule has 0 spiro atoms. The van der Waals surface area contributed by atoms with Crippen molar-refractivity contribution in [3.05, 3.63) is 53.6 Å². The van der Waals surface area contributed by atoms with Crippen LogP contribution >= 0.6 is 0 Å². The van der Waals surface area contributed by atoms with Gasteiger partial charge in [0.2, 0.25) is 5.91 Å². The Kier molecular flexibility index (Phi) is 7.06. The number of esters is 1. The topological polar surface area (TPSA) is 105 Å². The van der Waals surface area contributed by atoms with Crippen LogP contribution in [0.5, 0.6) is 0 Å². The summed E-state index contributed by atoms with van der Waals surface area (Å²) in [6, 6.07) is 9.55. The van der Waals surface area contributed by atoms with Gasteiger partial charge in [-0.3, -0.25) is 19.3 Å². The third-order valence-corrected chi connectivity index (χ3v) is 5.91. The lowest BCUT2D eigenvalue weighted by molar-refractivity contribution is -0.147. The standard InChI is InChI=1S/C21H26N4O3.CH2O2/c1-14-22-16(10-23(14)2)11-24-12-17-9-18(21(27)28-3)20(25(17)19(26)13-24)15-7-5-4-6-8-15;2-1-3/h4-8,10,17-18,20H,9,11-13H2,1-3H3;1H,(H,2,3)/t17-,18-,20-;/m0./s1. The van der Waals surface area contributed by atoms with Crippen LogP contribution in [-0.4, -0.2) is 69.0 Å². The number of carboxylic acid groups (broad SMARTS) is 1. The summed E-state index contributed by atoms with van der Waals surface area (Å²) in [6.07, 6.45) is 2.63. The Bertz CT molecular complexity index is 910. The number of carbonyl (C=O) groups is 3. The quantitative estimate of drug-likeness (QED) is 0.579. The zero-order valence-corrected chi connectivity index (χ0v) is 18.0. The Balaban J connectivity index is 0.000000858. The van der Waals surface area contributed by atoms with Crippen LogP contribution in [0.4, 0.5) is 0 Å². The fraction of sp³-hybridized carbons (Fsp3) is 0.455. The van der Waals surface area contributed by atoms with Gasteiger partial charge in [0, 0.05) is 32.4 Å². The Morgan fingerprint density at radius 3 is 2.58 bits per heavy atom. The molecule has 0 bridgehead atoms. The van der Waals surface area contributed by atoms with Crippen molar-refractivity contribution in [3.8, 4) is 0 Å². The molecule has 166 valence electrons. The summed E-state index contributed by atoms with van der Waals surface area (Å²) in [5.74, 6) is 0.432. The van der Waals surface area contributed by atoms with Gasteiger partial charge in [-0.15, -0.1) is 0 Å². The molecule has 3 heterocycles. The summed E-state index contributed by atoms with van der Waals surface area (Å²) in [5, 5.41) is 6.89. The molecule has 2 aliphatic heterocycles. The number of hydrogen-bond donors (Lipinski definition) is 1. The largest absolute Gasteiger partial charge is 0.483 e. The van der Waals surface area contributed by atoms with Crippen molar-refractivity contribution in [1.29, 1.82) is 0 Å². The SMILES string of the molecule is COC(=O)[C@H]1C[C@H]2CN(Cc3cn(C)c(C)n3)CC(=O)N2[C@H]1c1ccccc1.O=CO. The zero-order chi connectivity index (χ0) is 22.5. The van der Waals surface area contributed by atoms with Crippen LogP contribution in [0.15, 0.2) is 36.5 Å². The molecule has 0 aliphatic carbocycles. The van der Waals surface area contributed by atoms with Gasteiger partial charge in [-0.2, -0.15) is 0 Å². The van der Waals surface area contributed by atoms with Gasteiger partial charge in [0.25, 0.3) is 6.47 Å². The number of aromatic nitrogens is 2. The van der Waals surface area contributed by atoms with E-state index in [1.165, 1.54) is 7.11 Å². The van der Waals surface area contributed by atoms with E-state index in [4.69, 9.17) is 14.6 Å². The van der Waals surface area contributed by atoms with E-state index in [0.717, 1.165) is 23.6 Å². The molecule has 2 fully saturated rings. The zero-order valence-electron chi connectivity index (χ0n) is 18.0. The Morgan fingerprint density at radius 1 is 1.32 bits per heavy atom. The monoisotopic (exact) mass is 428 g/mol. The minimum Gasteiger partial charge on any atom is -0.483 e. The van der Waals surface area contributed by atoms with Crippen LogP contribution in [0.2, 0.25) is 0 Å². The number of rotatable bonds is 4. The maximum atomic E-state index is 13.1. The van der Waals surface area contributed by atoms with Crippen LogP contribution in [0.25, 0.3) is 0 Å². The van der Waals surface area contributed by atoms with Gasteiger partial charge in [-0.25, -0.2) is 4.98 Å². The third-order valence-electron chi connectivity index (χ3n) is 5.91. The highest BCUT2D eigenvalue weighted by atomic mass is 16.5. The molecule has 9 nitrogen and oxygen atoms in total. The highest BCUT2D eigenvalue weighted by Gasteiger charge is 2.50. The van der Waals surface area contributed by atoms with E-state index in [-0.39, 0.29) is 36.4 Å². The third kappa shape index (κ3) is 4.77. The highest BCUT2D eigenvalue weighted by Crippen LogP contribution is 2.43. The molecule has 31 heavy (non-hydrogen) atoms. The Labute approximate surface area is 181 Å². The number of hydrogen-bond acceptors (Lipinski definition) is 6. The summed E-state index contributed by atoms with van der Waals surface area (Å²) in [7, 11) is 3.39. The molecule has 3 atom stereocenters. The number of fused-ring (bicyclic) bond motifs is 1. The van der Waals surface area contributed by atoms with Crippen LogP contribution in [0, 0.1) is 12.8 Å². The van der Waals surface area contributed by atoms with E-state index in [0.29, 0.717) is 19.5 Å². The second kappa shape index (κ2) is 9.74. The Morgan fingerprint density at radius 2 is 2.00 bits per heavy atom. The molecule has 9 heteroatoms. The first-order valence-electron chi connectivity index (χ1n) is 10.1. The van der Waals surface area contributed by atoms with Gasteiger partial charge >= 0.3 is 5.97 Å². The van der Waals surface area contributed by atoms with Crippen molar-refractivity contribution in [2.24, 2.45) is 13.0 Å². The van der Waals surface area contributed by atoms with Gasteiger partial charge in [-0.05, 0) is 18.9 Å². The number of benzene rings is 1. The fourth-order valence-electron chi connectivity index (χ4n) is 4.59. The average Bonchev–Trinajstić information content (AvgIpc) is 3.28. The second-order valence-corrected chi connectivity index (χ2v) is 7.84. The number of nitrogens with zero attached hydrogens (tertiary/aromatic N) is 4. The summed E-state index contributed by atoms with van der Waals surface area (Å²) < 4.78 is 7.05. The molecule has 2 aliphatic rings. The molecule has 1 N–H and O–H groups in total. The van der Waals surface area contributed by atoms with Gasteiger partial charge in [0.05, 0.1) is 31.3 Å². The van der Waals surface area contributed by atoms with E-state index >= 15 is 0 Å². The lowest BCUT2D eigenvalue weighted by Crippen LogP contribution is -2.54. The summed E-state index contributed by atoms with van der Waals surface area (Å²) in [4.78, 5) is 42.5. The predicted molar refractivity (Wildman–Crippen MR) is 112 cm³/mol. The van der Waals surface area contributed by atoms with E-state index in [2.05, 4.69) is 9.88 Å². The number of amides is 1. The van der Waals surface area contributed by atoms with Crippen molar-refractivity contribution in [3.63, 3.8) is 0 Å². The molecular formula is C22H28N4O5. The fourth-order valence-corrected chi connectivity index (χ4v) is 4.59. The molecule has 0 radical (unpaired) electrons. The number of methoxy groups -OCH3 is 1. The number of piperazine rings is 1. The highest BCUT2D eigenvalue weighted by molar-refractivity contribution is 5.83. The van der Waals surface area contributed by atoms with Crippen molar-refractivity contribution in [1.82, 2.24) is 19.4 Å². The molecule has 0 saturated carbocycles. The molecule has 1 aromatic heterocycles. The smallest absolute Gasteiger partial charge is 0.311 e. The second-order valence-electron chi connectivity index (χ2n) is 7.84. The number of imidazole rings is 1. The van der Waals surface area contributed by atoms with E-state index < -0.39 is 0 Å². The van der Waals surface area contributed by atoms with Crippen LogP contribution < -0.4 is 0 Å².